The zero-order valence-corrected chi connectivity index (χ0v) is 12.3. The van der Waals surface area contributed by atoms with Gasteiger partial charge >= 0.3 is 0 Å². The van der Waals surface area contributed by atoms with Gasteiger partial charge in [-0.05, 0) is 30.5 Å². The maximum Gasteiger partial charge on any atom is 0.224 e. The first-order chi connectivity index (χ1) is 9.65. The van der Waals surface area contributed by atoms with Gasteiger partial charge in [-0.25, -0.2) is 14.4 Å². The van der Waals surface area contributed by atoms with Crippen LogP contribution in [0.1, 0.15) is 30.7 Å². The first kappa shape index (κ1) is 14.7. The third kappa shape index (κ3) is 3.25. The van der Waals surface area contributed by atoms with Gasteiger partial charge in [-0.2, -0.15) is 0 Å². The van der Waals surface area contributed by atoms with Crippen LogP contribution in [0.25, 0.3) is 0 Å². The van der Waals surface area contributed by atoms with Gasteiger partial charge in [0.1, 0.15) is 11.6 Å². The molecule has 1 aromatic carbocycles. The van der Waals surface area contributed by atoms with Gasteiger partial charge in [-0.1, -0.05) is 32.0 Å². The summed E-state index contributed by atoms with van der Waals surface area (Å²) in [5.74, 6) is 0.460. The summed E-state index contributed by atoms with van der Waals surface area (Å²) in [6.07, 6.45) is 1.60. The lowest BCUT2D eigenvalue weighted by atomic mass is 10.1. The highest BCUT2D eigenvalue weighted by Crippen LogP contribution is 2.21. The lowest BCUT2D eigenvalue weighted by Crippen LogP contribution is -2.09. The van der Waals surface area contributed by atoms with Crippen molar-refractivity contribution >= 4 is 17.4 Å². The lowest BCUT2D eigenvalue weighted by molar-refractivity contribution is 0.613. The number of rotatable bonds is 5. The van der Waals surface area contributed by atoms with E-state index in [1.165, 1.54) is 6.07 Å². The van der Waals surface area contributed by atoms with Crippen LogP contribution in [-0.2, 0) is 19.4 Å². The van der Waals surface area contributed by atoms with Gasteiger partial charge in [0.15, 0.2) is 0 Å². The zero-order chi connectivity index (χ0) is 14.5. The van der Waals surface area contributed by atoms with E-state index in [1.54, 1.807) is 12.1 Å². The Morgan fingerprint density at radius 3 is 2.55 bits per heavy atom. The molecule has 0 aliphatic carbocycles. The number of hydrogen-bond acceptors (Lipinski definition) is 3. The van der Waals surface area contributed by atoms with Crippen molar-refractivity contribution in [2.24, 2.45) is 0 Å². The summed E-state index contributed by atoms with van der Waals surface area (Å²) in [5, 5.41) is 3.38. The van der Waals surface area contributed by atoms with Crippen molar-refractivity contribution in [3.8, 4) is 0 Å². The molecule has 0 bridgehead atoms. The van der Waals surface area contributed by atoms with E-state index in [0.717, 1.165) is 24.1 Å². The molecule has 0 spiro atoms. The predicted octanol–water partition coefficient (Wildman–Crippen LogP) is 4.01. The molecule has 1 N–H and O–H groups in total. The smallest absolute Gasteiger partial charge is 0.224 e. The van der Waals surface area contributed by atoms with Crippen molar-refractivity contribution in [2.45, 2.75) is 33.2 Å². The molecule has 2 aromatic rings. The molecule has 0 unspecified atom stereocenters. The van der Waals surface area contributed by atoms with E-state index in [-0.39, 0.29) is 11.1 Å². The standard InChI is InChI=1S/C15H17ClFN3/c1-3-11-13(4-2)19-15(16)20-14(11)18-9-10-7-5-6-8-12(10)17/h5-8H,3-4,9H2,1-2H3,(H,18,19,20). The topological polar surface area (TPSA) is 37.8 Å². The number of aryl methyl sites for hydroxylation is 1. The number of halogens is 2. The fourth-order valence-electron chi connectivity index (χ4n) is 2.13. The second-order valence-electron chi connectivity index (χ2n) is 4.42. The van der Waals surface area contributed by atoms with Crippen LogP contribution in [0.3, 0.4) is 0 Å². The van der Waals surface area contributed by atoms with Crippen molar-refractivity contribution in [3.05, 3.63) is 52.2 Å². The highest BCUT2D eigenvalue weighted by atomic mass is 35.5. The summed E-state index contributed by atoms with van der Waals surface area (Å²) in [4.78, 5) is 8.45. The molecule has 0 saturated heterocycles. The quantitative estimate of drug-likeness (QED) is 0.847. The van der Waals surface area contributed by atoms with Crippen LogP contribution >= 0.6 is 11.6 Å². The van der Waals surface area contributed by atoms with Crippen molar-refractivity contribution in [2.75, 3.05) is 5.32 Å². The van der Waals surface area contributed by atoms with E-state index in [4.69, 9.17) is 11.6 Å². The number of aromatic nitrogens is 2. The third-order valence-corrected chi connectivity index (χ3v) is 3.33. The molecule has 0 aliphatic heterocycles. The van der Waals surface area contributed by atoms with Crippen molar-refractivity contribution < 1.29 is 4.39 Å². The van der Waals surface area contributed by atoms with Gasteiger partial charge in [0.2, 0.25) is 5.28 Å². The van der Waals surface area contributed by atoms with Crippen LogP contribution in [-0.4, -0.2) is 9.97 Å². The van der Waals surface area contributed by atoms with Crippen molar-refractivity contribution in [1.82, 2.24) is 9.97 Å². The van der Waals surface area contributed by atoms with Crippen LogP contribution in [0.15, 0.2) is 24.3 Å². The number of nitrogens with one attached hydrogen (secondary N) is 1. The Labute approximate surface area is 123 Å². The molecule has 0 radical (unpaired) electrons. The van der Waals surface area contributed by atoms with Crippen LogP contribution in [0.4, 0.5) is 10.2 Å². The Balaban J connectivity index is 2.25. The molecule has 0 saturated carbocycles. The maximum absolute atomic E-state index is 13.6. The Morgan fingerprint density at radius 2 is 1.90 bits per heavy atom. The average molecular weight is 294 g/mol. The minimum absolute atomic E-state index is 0.218. The first-order valence-electron chi connectivity index (χ1n) is 6.68. The molecular weight excluding hydrogens is 277 g/mol. The third-order valence-electron chi connectivity index (χ3n) is 3.16. The highest BCUT2D eigenvalue weighted by molar-refractivity contribution is 6.28. The monoisotopic (exact) mass is 293 g/mol. The highest BCUT2D eigenvalue weighted by Gasteiger charge is 2.11. The molecule has 0 amide bonds. The summed E-state index contributed by atoms with van der Waals surface area (Å²) in [6, 6.07) is 6.68. The number of hydrogen-bond donors (Lipinski definition) is 1. The number of nitrogens with zero attached hydrogens (tertiary/aromatic N) is 2. The minimum Gasteiger partial charge on any atom is -0.366 e. The number of anilines is 1. The van der Waals surface area contributed by atoms with E-state index in [9.17, 15) is 4.39 Å². The summed E-state index contributed by atoms with van der Waals surface area (Å²) in [6.45, 7) is 4.44. The van der Waals surface area contributed by atoms with Gasteiger partial charge in [0, 0.05) is 17.7 Å². The fourth-order valence-corrected chi connectivity index (χ4v) is 2.32. The second-order valence-corrected chi connectivity index (χ2v) is 4.76. The van der Waals surface area contributed by atoms with Gasteiger partial charge in [-0.15, -0.1) is 0 Å². The molecular formula is C15H17ClFN3. The Hall–Kier alpha value is -1.68. The lowest BCUT2D eigenvalue weighted by Gasteiger charge is -2.13. The molecule has 2 rings (SSSR count). The first-order valence-corrected chi connectivity index (χ1v) is 7.06. The molecule has 1 aromatic heterocycles. The normalized spacial score (nSPS) is 10.6. The Kier molecular flexibility index (Phi) is 4.90. The summed E-state index contributed by atoms with van der Waals surface area (Å²) < 4.78 is 13.6. The van der Waals surface area contributed by atoms with E-state index in [2.05, 4.69) is 15.3 Å². The van der Waals surface area contributed by atoms with Gasteiger partial charge in [-0.3, -0.25) is 0 Å². The molecule has 0 aliphatic rings. The molecule has 0 atom stereocenters. The predicted molar refractivity (Wildman–Crippen MR) is 79.5 cm³/mol. The summed E-state index contributed by atoms with van der Waals surface area (Å²) in [7, 11) is 0. The van der Waals surface area contributed by atoms with Crippen LogP contribution in [0.2, 0.25) is 5.28 Å². The SMILES string of the molecule is CCc1nc(Cl)nc(NCc2ccccc2F)c1CC. The zero-order valence-electron chi connectivity index (χ0n) is 11.6. The van der Waals surface area contributed by atoms with E-state index < -0.39 is 0 Å². The number of benzene rings is 1. The van der Waals surface area contributed by atoms with Crippen LogP contribution in [0, 0.1) is 5.82 Å². The average Bonchev–Trinajstić information content (AvgIpc) is 2.45. The van der Waals surface area contributed by atoms with Crippen LogP contribution in [0.5, 0.6) is 0 Å². The molecule has 20 heavy (non-hydrogen) atoms. The fraction of sp³-hybridized carbons (Fsp3) is 0.333. The van der Waals surface area contributed by atoms with Gasteiger partial charge < -0.3 is 5.32 Å². The molecule has 106 valence electrons. The minimum atomic E-state index is -0.228. The molecule has 3 nitrogen and oxygen atoms in total. The summed E-state index contributed by atoms with van der Waals surface area (Å²) in [5.41, 5.74) is 2.57. The van der Waals surface area contributed by atoms with Crippen molar-refractivity contribution in [1.29, 1.82) is 0 Å². The second kappa shape index (κ2) is 6.66. The Bertz CT molecular complexity index is 602. The van der Waals surface area contributed by atoms with E-state index in [0.29, 0.717) is 17.9 Å². The Morgan fingerprint density at radius 1 is 1.15 bits per heavy atom. The maximum atomic E-state index is 13.6. The van der Waals surface area contributed by atoms with Crippen molar-refractivity contribution in [3.63, 3.8) is 0 Å². The van der Waals surface area contributed by atoms with Gasteiger partial charge in [0.05, 0.1) is 5.69 Å². The summed E-state index contributed by atoms with van der Waals surface area (Å²) >= 11 is 5.93. The van der Waals surface area contributed by atoms with Gasteiger partial charge in [0.25, 0.3) is 0 Å². The van der Waals surface area contributed by atoms with E-state index >= 15 is 0 Å². The largest absolute Gasteiger partial charge is 0.366 e. The van der Waals surface area contributed by atoms with E-state index in [1.807, 2.05) is 19.9 Å². The molecule has 1 heterocycles. The van der Waals surface area contributed by atoms with Crippen LogP contribution < -0.4 is 5.32 Å². The molecule has 5 heteroatoms. The molecule has 0 fully saturated rings.